The molecule has 1 amide bonds. The predicted octanol–water partition coefficient (Wildman–Crippen LogP) is 3.85. The van der Waals surface area contributed by atoms with E-state index in [0.717, 1.165) is 18.9 Å². The fourth-order valence-electron chi connectivity index (χ4n) is 3.72. The molecule has 3 heterocycles. The summed E-state index contributed by atoms with van der Waals surface area (Å²) in [6.45, 7) is 2.63. The number of hydrogen-bond donors (Lipinski definition) is 2. The Bertz CT molecular complexity index is 1170. The summed E-state index contributed by atoms with van der Waals surface area (Å²) in [5, 5.41) is 3.11. The van der Waals surface area contributed by atoms with Crippen molar-refractivity contribution in [3.8, 4) is 17.2 Å². The Morgan fingerprint density at radius 3 is 2.73 bits per heavy atom. The van der Waals surface area contributed by atoms with Crippen LogP contribution in [0.1, 0.15) is 47.7 Å². The molecule has 2 atom stereocenters. The molecule has 8 nitrogen and oxygen atoms in total. The van der Waals surface area contributed by atoms with E-state index in [1.165, 1.54) is 19.2 Å². The fourth-order valence-corrected chi connectivity index (χ4v) is 3.72. The zero-order valence-electron chi connectivity index (χ0n) is 18.0. The molecule has 176 valence electrons. The quantitative estimate of drug-likeness (QED) is 0.570. The van der Waals surface area contributed by atoms with Crippen LogP contribution in [0.2, 0.25) is 0 Å². The number of oxazole rings is 1. The number of halogens is 3. The van der Waals surface area contributed by atoms with Crippen molar-refractivity contribution in [1.82, 2.24) is 15.3 Å². The first-order chi connectivity index (χ1) is 15.7. The summed E-state index contributed by atoms with van der Waals surface area (Å²) in [5.74, 6) is -0.103. The molecule has 1 saturated heterocycles. The normalized spacial score (nSPS) is 17.3. The molecule has 1 aliphatic rings. The summed E-state index contributed by atoms with van der Waals surface area (Å²) in [5.41, 5.74) is 5.30. The number of nitrogens with two attached hydrogens (primary N) is 1. The topological polar surface area (TPSA) is 112 Å². The Morgan fingerprint density at radius 1 is 1.30 bits per heavy atom. The summed E-state index contributed by atoms with van der Waals surface area (Å²) < 4.78 is 56.1. The van der Waals surface area contributed by atoms with Crippen LogP contribution in [0.5, 0.6) is 5.75 Å². The van der Waals surface area contributed by atoms with Crippen LogP contribution in [0.25, 0.3) is 22.4 Å². The van der Waals surface area contributed by atoms with E-state index in [1.54, 1.807) is 13.0 Å². The minimum Gasteiger partial charge on any atom is -0.494 e. The lowest BCUT2D eigenvalue weighted by atomic mass is 10.1. The average molecular weight is 464 g/mol. The Kier molecular flexibility index (Phi) is 6.26. The predicted molar refractivity (Wildman–Crippen MR) is 113 cm³/mol. The molecule has 3 aromatic rings. The molecule has 0 aliphatic carbocycles. The van der Waals surface area contributed by atoms with E-state index >= 15 is 0 Å². The molecule has 0 radical (unpaired) electrons. The lowest BCUT2D eigenvalue weighted by Gasteiger charge is -2.11. The van der Waals surface area contributed by atoms with Gasteiger partial charge in [-0.25, -0.2) is 9.97 Å². The minimum atomic E-state index is -4.62. The number of ether oxygens (including phenoxy) is 2. The van der Waals surface area contributed by atoms with Gasteiger partial charge in [-0.1, -0.05) is 0 Å². The number of methoxy groups -OCH3 is 1. The van der Waals surface area contributed by atoms with Crippen LogP contribution in [0.4, 0.5) is 13.2 Å². The maximum Gasteiger partial charge on any atom is 0.433 e. The van der Waals surface area contributed by atoms with Crippen molar-refractivity contribution in [3.63, 3.8) is 0 Å². The molecule has 1 unspecified atom stereocenters. The van der Waals surface area contributed by atoms with Gasteiger partial charge in [0.25, 0.3) is 5.91 Å². The Morgan fingerprint density at radius 2 is 2.09 bits per heavy atom. The molecule has 0 bridgehead atoms. The number of hydrogen-bond acceptors (Lipinski definition) is 7. The molecule has 2 aromatic heterocycles. The number of benzene rings is 1. The van der Waals surface area contributed by atoms with Crippen molar-refractivity contribution in [3.05, 3.63) is 41.4 Å². The van der Waals surface area contributed by atoms with Crippen LogP contribution >= 0.6 is 0 Å². The first-order valence-corrected chi connectivity index (χ1v) is 10.4. The second-order valence-corrected chi connectivity index (χ2v) is 7.77. The molecule has 11 heteroatoms. The van der Waals surface area contributed by atoms with Crippen molar-refractivity contribution >= 4 is 16.8 Å². The van der Waals surface area contributed by atoms with Crippen molar-refractivity contribution in [2.75, 3.05) is 20.3 Å². The van der Waals surface area contributed by atoms with Gasteiger partial charge >= 0.3 is 6.18 Å². The van der Waals surface area contributed by atoms with Crippen LogP contribution < -0.4 is 15.8 Å². The van der Waals surface area contributed by atoms with E-state index in [4.69, 9.17) is 19.6 Å². The summed E-state index contributed by atoms with van der Waals surface area (Å²) in [6, 6.07) is 4.55. The minimum absolute atomic E-state index is 0.00486. The Balaban J connectivity index is 1.74. The van der Waals surface area contributed by atoms with Gasteiger partial charge in [-0.15, -0.1) is 0 Å². The lowest BCUT2D eigenvalue weighted by Crippen LogP contribution is -2.32. The molecule has 4 rings (SSSR count). The van der Waals surface area contributed by atoms with Gasteiger partial charge < -0.3 is 24.9 Å². The standard InChI is InChI=1S/C22H23F3N4O4/c1-11(26)19-18(20(30)27-10-12-4-3-9-32-12)29-21(33-19)14-5-7-15(31-2)17-13(14)6-8-16(28-17)22(23,24)25/h5-8,11-12H,3-4,9-10,26H2,1-2H3,(H,27,30)/t11-,12?/m0/s1. The third-order valence-corrected chi connectivity index (χ3v) is 5.36. The van der Waals surface area contributed by atoms with Gasteiger partial charge in [-0.05, 0) is 44.0 Å². The highest BCUT2D eigenvalue weighted by atomic mass is 19.4. The number of aromatic nitrogens is 2. The number of fused-ring (bicyclic) bond motifs is 1. The zero-order chi connectivity index (χ0) is 23.8. The molecule has 0 spiro atoms. The third-order valence-electron chi connectivity index (χ3n) is 5.36. The largest absolute Gasteiger partial charge is 0.494 e. The molecule has 1 aliphatic heterocycles. The van der Waals surface area contributed by atoms with E-state index in [1.807, 2.05) is 0 Å². The summed E-state index contributed by atoms with van der Waals surface area (Å²) in [4.78, 5) is 20.9. The van der Waals surface area contributed by atoms with Crippen molar-refractivity contribution in [1.29, 1.82) is 0 Å². The fraction of sp³-hybridized carbons (Fsp3) is 0.409. The molecular formula is C22H23F3N4O4. The van der Waals surface area contributed by atoms with Crippen LogP contribution in [-0.2, 0) is 10.9 Å². The van der Waals surface area contributed by atoms with Crippen LogP contribution in [0.15, 0.2) is 28.7 Å². The second-order valence-electron chi connectivity index (χ2n) is 7.77. The van der Waals surface area contributed by atoms with Crippen molar-refractivity contribution in [2.24, 2.45) is 5.73 Å². The molecule has 3 N–H and O–H groups in total. The van der Waals surface area contributed by atoms with Crippen LogP contribution in [0.3, 0.4) is 0 Å². The van der Waals surface area contributed by atoms with Crippen LogP contribution in [-0.4, -0.2) is 42.2 Å². The van der Waals surface area contributed by atoms with Crippen molar-refractivity contribution in [2.45, 2.75) is 38.1 Å². The van der Waals surface area contributed by atoms with E-state index < -0.39 is 23.8 Å². The van der Waals surface area contributed by atoms with Gasteiger partial charge in [-0.3, -0.25) is 4.79 Å². The highest BCUT2D eigenvalue weighted by Crippen LogP contribution is 2.37. The average Bonchev–Trinajstić information content (AvgIpc) is 3.46. The van der Waals surface area contributed by atoms with Gasteiger partial charge in [0, 0.05) is 24.1 Å². The smallest absolute Gasteiger partial charge is 0.433 e. The van der Waals surface area contributed by atoms with Gasteiger partial charge in [0.15, 0.2) is 11.5 Å². The SMILES string of the molecule is COc1ccc(-c2nc(C(=O)NCC3CCCO3)c([C@H](C)N)o2)c2ccc(C(F)(F)F)nc12. The number of alkyl halides is 3. The Labute approximate surface area is 187 Å². The zero-order valence-corrected chi connectivity index (χ0v) is 18.0. The summed E-state index contributed by atoms with van der Waals surface area (Å²) in [6.07, 6.45) is -2.88. The number of carbonyl (C=O) groups is 1. The van der Waals surface area contributed by atoms with Gasteiger partial charge in [0.1, 0.15) is 17.0 Å². The highest BCUT2D eigenvalue weighted by molar-refractivity contribution is 5.98. The molecule has 33 heavy (non-hydrogen) atoms. The Hall–Kier alpha value is -3.18. The maximum atomic E-state index is 13.2. The van der Waals surface area contributed by atoms with Gasteiger partial charge in [0.2, 0.25) is 5.89 Å². The number of rotatable bonds is 6. The number of carbonyl (C=O) groups excluding carboxylic acids is 1. The lowest BCUT2D eigenvalue weighted by molar-refractivity contribution is -0.140. The van der Waals surface area contributed by atoms with E-state index in [-0.39, 0.29) is 34.7 Å². The number of nitrogens with one attached hydrogen (secondary N) is 1. The van der Waals surface area contributed by atoms with E-state index in [9.17, 15) is 18.0 Å². The van der Waals surface area contributed by atoms with Crippen molar-refractivity contribution < 1.29 is 31.9 Å². The summed E-state index contributed by atoms with van der Waals surface area (Å²) in [7, 11) is 1.34. The maximum absolute atomic E-state index is 13.2. The number of nitrogens with zero attached hydrogens (tertiary/aromatic N) is 2. The van der Waals surface area contributed by atoms with E-state index in [2.05, 4.69) is 15.3 Å². The van der Waals surface area contributed by atoms with Crippen LogP contribution in [0, 0.1) is 0 Å². The van der Waals surface area contributed by atoms with Gasteiger partial charge in [-0.2, -0.15) is 13.2 Å². The molecule has 1 fully saturated rings. The summed E-state index contributed by atoms with van der Waals surface area (Å²) >= 11 is 0. The monoisotopic (exact) mass is 464 g/mol. The van der Waals surface area contributed by atoms with Gasteiger partial charge in [0.05, 0.1) is 19.3 Å². The second kappa shape index (κ2) is 8.99. The number of pyridine rings is 1. The molecule has 0 saturated carbocycles. The highest BCUT2D eigenvalue weighted by Gasteiger charge is 2.33. The molecule has 1 aromatic carbocycles. The first-order valence-electron chi connectivity index (χ1n) is 10.4. The first kappa shape index (κ1) is 23.0. The third kappa shape index (κ3) is 4.64. The van der Waals surface area contributed by atoms with E-state index in [0.29, 0.717) is 24.1 Å². The molecular weight excluding hydrogens is 441 g/mol. The number of amides is 1.